The van der Waals surface area contributed by atoms with E-state index in [4.69, 9.17) is 15.4 Å². The van der Waals surface area contributed by atoms with Crippen molar-refractivity contribution in [2.24, 2.45) is 0 Å². The predicted octanol–water partition coefficient (Wildman–Crippen LogP) is 4.09. The summed E-state index contributed by atoms with van der Waals surface area (Å²) in [5.74, 6) is -0.816. The maximum absolute atomic E-state index is 13.7. The molecule has 3 nitrogen and oxygen atoms in total. The molecular weight excluding hydrogens is 371 g/mol. The quantitative estimate of drug-likeness (QED) is 0.751. The second-order valence-electron chi connectivity index (χ2n) is 3.91. The first kappa shape index (κ1) is 15.3. The van der Waals surface area contributed by atoms with Crippen LogP contribution < -0.4 is 4.74 Å². The molecule has 2 aromatic carbocycles. The van der Waals surface area contributed by atoms with Crippen molar-refractivity contribution in [1.29, 1.82) is 0 Å². The van der Waals surface area contributed by atoms with Gasteiger partial charge in [0.15, 0.2) is 11.6 Å². The van der Waals surface area contributed by atoms with Crippen molar-refractivity contribution in [3.8, 4) is 5.75 Å². The highest BCUT2D eigenvalue weighted by atomic mass is 79.9. The Morgan fingerprint density at radius 3 is 2.50 bits per heavy atom. The normalized spacial score (nSPS) is 11.3. The van der Waals surface area contributed by atoms with E-state index in [2.05, 4.69) is 15.9 Å². The second kappa shape index (κ2) is 6.11. The number of hydrogen-bond donors (Lipinski definition) is 0. The number of ether oxygens (including phenoxy) is 1. The van der Waals surface area contributed by atoms with Gasteiger partial charge in [-0.1, -0.05) is 34.1 Å². The van der Waals surface area contributed by atoms with Gasteiger partial charge in [0.05, 0.1) is 4.90 Å². The van der Waals surface area contributed by atoms with Gasteiger partial charge in [-0.05, 0) is 24.3 Å². The van der Waals surface area contributed by atoms with Crippen LogP contribution in [-0.2, 0) is 15.7 Å². The summed E-state index contributed by atoms with van der Waals surface area (Å²) in [5, 5.41) is 0. The lowest BCUT2D eigenvalue weighted by molar-refractivity contribution is 0.289. The summed E-state index contributed by atoms with van der Waals surface area (Å²) in [6.45, 7) is 0.158. The molecule has 2 rings (SSSR count). The fourth-order valence-electron chi connectivity index (χ4n) is 1.52. The minimum Gasteiger partial charge on any atom is -0.486 e. The lowest BCUT2D eigenvalue weighted by atomic mass is 10.2. The molecule has 0 fully saturated rings. The van der Waals surface area contributed by atoms with Gasteiger partial charge in [0, 0.05) is 20.7 Å². The zero-order valence-corrected chi connectivity index (χ0v) is 13.2. The smallest absolute Gasteiger partial charge is 0.261 e. The fraction of sp³-hybridized carbons (Fsp3) is 0.0769. The molecule has 0 amide bonds. The molecule has 0 aromatic heterocycles. The summed E-state index contributed by atoms with van der Waals surface area (Å²) in [6.07, 6.45) is 0. The van der Waals surface area contributed by atoms with Gasteiger partial charge < -0.3 is 4.74 Å². The van der Waals surface area contributed by atoms with Crippen LogP contribution in [0.1, 0.15) is 5.56 Å². The van der Waals surface area contributed by atoms with Crippen molar-refractivity contribution in [2.45, 2.75) is 11.5 Å². The number of rotatable bonds is 4. The monoisotopic (exact) mass is 378 g/mol. The van der Waals surface area contributed by atoms with E-state index in [1.54, 1.807) is 0 Å². The standard InChI is InChI=1S/C13H9BrClFO3S/c14-11-4-2-1-3-9(11)8-19-13-6-5-10(7-12(13)16)20(15,17)18/h1-7H,8H2. The minimum absolute atomic E-state index is 0.0372. The summed E-state index contributed by atoms with van der Waals surface area (Å²) in [5.41, 5.74) is 0.848. The molecule has 20 heavy (non-hydrogen) atoms. The largest absolute Gasteiger partial charge is 0.486 e. The van der Waals surface area contributed by atoms with Crippen LogP contribution in [0.25, 0.3) is 0 Å². The molecule has 0 spiro atoms. The van der Waals surface area contributed by atoms with Gasteiger partial charge in [-0.2, -0.15) is 0 Å². The Bertz CT molecular complexity index is 734. The van der Waals surface area contributed by atoms with E-state index < -0.39 is 14.9 Å². The van der Waals surface area contributed by atoms with Gasteiger partial charge in [0.2, 0.25) is 0 Å². The average Bonchev–Trinajstić information content (AvgIpc) is 2.38. The molecule has 106 valence electrons. The van der Waals surface area contributed by atoms with Gasteiger partial charge in [-0.3, -0.25) is 0 Å². The molecule has 0 radical (unpaired) electrons. The highest BCUT2D eigenvalue weighted by molar-refractivity contribution is 9.10. The molecule has 7 heteroatoms. The summed E-state index contributed by atoms with van der Waals surface area (Å²) in [6, 6.07) is 10.6. The van der Waals surface area contributed by atoms with Crippen LogP contribution in [0.3, 0.4) is 0 Å². The molecule has 2 aromatic rings. The van der Waals surface area contributed by atoms with Gasteiger partial charge in [-0.25, -0.2) is 12.8 Å². The first-order valence-electron chi connectivity index (χ1n) is 5.48. The molecule has 0 aliphatic rings. The average molecular weight is 380 g/mol. The van der Waals surface area contributed by atoms with E-state index >= 15 is 0 Å². The second-order valence-corrected chi connectivity index (χ2v) is 7.33. The summed E-state index contributed by atoms with van der Waals surface area (Å²) >= 11 is 3.36. The maximum atomic E-state index is 13.7. The lowest BCUT2D eigenvalue weighted by Crippen LogP contribution is -1.99. The van der Waals surface area contributed by atoms with Crippen molar-refractivity contribution in [3.63, 3.8) is 0 Å². The van der Waals surface area contributed by atoms with Gasteiger partial charge in [0.25, 0.3) is 9.05 Å². The van der Waals surface area contributed by atoms with Gasteiger partial charge >= 0.3 is 0 Å². The SMILES string of the molecule is O=S(=O)(Cl)c1ccc(OCc2ccccc2Br)c(F)c1. The third-order valence-corrected chi connectivity index (χ3v) is 4.65. The van der Waals surface area contributed by atoms with Crippen molar-refractivity contribution < 1.29 is 17.5 Å². The van der Waals surface area contributed by atoms with Crippen LogP contribution >= 0.6 is 26.6 Å². The minimum atomic E-state index is -3.95. The van der Waals surface area contributed by atoms with Crippen LogP contribution in [0, 0.1) is 5.82 Å². The third-order valence-electron chi connectivity index (χ3n) is 2.53. The maximum Gasteiger partial charge on any atom is 0.261 e. The topological polar surface area (TPSA) is 43.4 Å². The number of hydrogen-bond acceptors (Lipinski definition) is 3. The van der Waals surface area contributed by atoms with Gasteiger partial charge in [-0.15, -0.1) is 0 Å². The van der Waals surface area contributed by atoms with Crippen LogP contribution in [-0.4, -0.2) is 8.42 Å². The molecule has 0 unspecified atom stereocenters. The van der Waals surface area contributed by atoms with E-state index in [0.29, 0.717) is 0 Å². The Kier molecular flexibility index (Phi) is 4.67. The molecule has 0 bridgehead atoms. The van der Waals surface area contributed by atoms with Crippen LogP contribution in [0.5, 0.6) is 5.75 Å². The summed E-state index contributed by atoms with van der Waals surface area (Å²) < 4.78 is 42.0. The Morgan fingerprint density at radius 2 is 1.90 bits per heavy atom. The van der Waals surface area contributed by atoms with Crippen molar-refractivity contribution in [1.82, 2.24) is 0 Å². The van der Waals surface area contributed by atoms with E-state index in [-0.39, 0.29) is 17.3 Å². The van der Waals surface area contributed by atoms with Crippen molar-refractivity contribution in [3.05, 3.63) is 58.3 Å². The van der Waals surface area contributed by atoms with Crippen molar-refractivity contribution in [2.75, 3.05) is 0 Å². The number of halogens is 3. The molecule has 0 saturated carbocycles. The third kappa shape index (κ3) is 3.71. The Labute approximate surface area is 128 Å². The van der Waals surface area contributed by atoms with Crippen LogP contribution in [0.4, 0.5) is 4.39 Å². The van der Waals surface area contributed by atoms with Crippen LogP contribution in [0.2, 0.25) is 0 Å². The van der Waals surface area contributed by atoms with Crippen LogP contribution in [0.15, 0.2) is 51.8 Å². The van der Waals surface area contributed by atoms with E-state index in [9.17, 15) is 12.8 Å². The zero-order chi connectivity index (χ0) is 14.8. The lowest BCUT2D eigenvalue weighted by Gasteiger charge is -2.09. The van der Waals surface area contributed by atoms with E-state index in [0.717, 1.165) is 16.1 Å². The summed E-state index contributed by atoms with van der Waals surface area (Å²) in [4.78, 5) is -0.301. The molecule has 0 aliphatic carbocycles. The predicted molar refractivity (Wildman–Crippen MR) is 77.9 cm³/mol. The Balaban J connectivity index is 2.17. The molecule has 0 aliphatic heterocycles. The van der Waals surface area contributed by atoms with Crippen molar-refractivity contribution >= 4 is 35.7 Å². The Hall–Kier alpha value is -1.11. The van der Waals surface area contributed by atoms with Gasteiger partial charge in [0.1, 0.15) is 6.61 Å². The molecule has 0 saturated heterocycles. The highest BCUT2D eigenvalue weighted by Gasteiger charge is 2.14. The van der Waals surface area contributed by atoms with E-state index in [1.807, 2.05) is 24.3 Å². The summed E-state index contributed by atoms with van der Waals surface area (Å²) in [7, 11) is 1.19. The molecule has 0 atom stereocenters. The molecular formula is C13H9BrClFO3S. The molecule has 0 heterocycles. The number of benzene rings is 2. The highest BCUT2D eigenvalue weighted by Crippen LogP contribution is 2.25. The van der Waals surface area contributed by atoms with E-state index in [1.165, 1.54) is 12.1 Å². The molecule has 0 N–H and O–H groups in total. The Morgan fingerprint density at radius 1 is 1.20 bits per heavy atom. The zero-order valence-electron chi connectivity index (χ0n) is 10.0. The fourth-order valence-corrected chi connectivity index (χ4v) is 2.68. The first-order valence-corrected chi connectivity index (χ1v) is 8.58. The first-order chi connectivity index (χ1) is 9.38.